The molecule has 5 heteroatoms. The number of carbonyl (C=O) groups excluding carboxylic acids is 1. The maximum absolute atomic E-state index is 10.7. The van der Waals surface area contributed by atoms with E-state index in [0.717, 1.165) is 25.9 Å². The Bertz CT molecular complexity index is 215. The van der Waals surface area contributed by atoms with Crippen molar-refractivity contribution in [3.8, 4) is 0 Å². The molecule has 1 rings (SSSR count). The second kappa shape index (κ2) is 8.44. The van der Waals surface area contributed by atoms with Crippen LogP contribution in [0.1, 0.15) is 26.2 Å². The van der Waals surface area contributed by atoms with Crippen LogP contribution in [0.2, 0.25) is 0 Å². The first-order valence-corrected chi connectivity index (χ1v) is 6.08. The predicted molar refractivity (Wildman–Crippen MR) is 61.8 cm³/mol. The van der Waals surface area contributed by atoms with Gasteiger partial charge in [0, 0.05) is 20.6 Å². The van der Waals surface area contributed by atoms with E-state index in [1.54, 1.807) is 7.11 Å². The van der Waals surface area contributed by atoms with E-state index in [1.807, 2.05) is 0 Å². The lowest BCUT2D eigenvalue weighted by atomic mass is 10.2. The summed E-state index contributed by atoms with van der Waals surface area (Å²) in [5.74, 6) is -0.291. The van der Waals surface area contributed by atoms with Gasteiger partial charge in [-0.25, -0.2) is 0 Å². The smallest absolute Gasteiger partial charge is 0.302 e. The van der Waals surface area contributed by atoms with E-state index in [4.69, 9.17) is 18.9 Å². The minimum Gasteiger partial charge on any atom is -0.463 e. The SMILES string of the molecule is COCC(COC(C)=O)OCCCCC1CO1. The van der Waals surface area contributed by atoms with E-state index in [0.29, 0.717) is 19.3 Å². The van der Waals surface area contributed by atoms with Gasteiger partial charge in [0.2, 0.25) is 0 Å². The summed E-state index contributed by atoms with van der Waals surface area (Å²) in [5.41, 5.74) is 0. The molecule has 2 unspecified atom stereocenters. The third-order valence-electron chi connectivity index (χ3n) is 2.50. The molecule has 1 saturated heterocycles. The largest absolute Gasteiger partial charge is 0.463 e. The molecule has 1 aliphatic heterocycles. The maximum Gasteiger partial charge on any atom is 0.302 e. The fraction of sp³-hybridized carbons (Fsp3) is 0.917. The van der Waals surface area contributed by atoms with Crippen LogP contribution in [0.4, 0.5) is 0 Å². The van der Waals surface area contributed by atoms with E-state index in [2.05, 4.69) is 0 Å². The lowest BCUT2D eigenvalue weighted by Crippen LogP contribution is -2.26. The molecule has 17 heavy (non-hydrogen) atoms. The van der Waals surface area contributed by atoms with Crippen molar-refractivity contribution in [1.82, 2.24) is 0 Å². The number of hydrogen-bond donors (Lipinski definition) is 0. The first-order chi connectivity index (χ1) is 8.22. The summed E-state index contributed by atoms with van der Waals surface area (Å²) in [6.45, 7) is 3.68. The van der Waals surface area contributed by atoms with Gasteiger partial charge in [0.25, 0.3) is 0 Å². The van der Waals surface area contributed by atoms with Crippen molar-refractivity contribution in [1.29, 1.82) is 0 Å². The normalized spacial score (nSPS) is 20.0. The molecular weight excluding hydrogens is 224 g/mol. The van der Waals surface area contributed by atoms with Gasteiger partial charge in [-0.15, -0.1) is 0 Å². The minimum absolute atomic E-state index is 0.166. The summed E-state index contributed by atoms with van der Waals surface area (Å²) in [5, 5.41) is 0. The van der Waals surface area contributed by atoms with Crippen molar-refractivity contribution in [3.63, 3.8) is 0 Å². The van der Waals surface area contributed by atoms with Gasteiger partial charge in [-0.2, -0.15) is 0 Å². The summed E-state index contributed by atoms with van der Waals surface area (Å²) in [4.78, 5) is 10.7. The van der Waals surface area contributed by atoms with Crippen molar-refractivity contribution in [3.05, 3.63) is 0 Å². The van der Waals surface area contributed by atoms with Crippen LogP contribution in [-0.4, -0.2) is 51.7 Å². The van der Waals surface area contributed by atoms with Gasteiger partial charge >= 0.3 is 5.97 Å². The standard InChI is InChI=1S/C12H22O5/c1-10(13)16-9-12(7-14-2)15-6-4-3-5-11-8-17-11/h11-12H,3-9H2,1-2H3. The molecule has 2 atom stereocenters. The Kier molecular flexibility index (Phi) is 7.16. The van der Waals surface area contributed by atoms with Gasteiger partial charge in [-0.1, -0.05) is 0 Å². The molecule has 0 spiro atoms. The molecule has 0 amide bonds. The highest BCUT2D eigenvalue weighted by molar-refractivity contribution is 5.65. The van der Waals surface area contributed by atoms with Gasteiger partial charge in [0.1, 0.15) is 12.7 Å². The molecule has 0 radical (unpaired) electrons. The summed E-state index contributed by atoms with van der Waals surface area (Å²) in [6, 6.07) is 0. The maximum atomic E-state index is 10.7. The highest BCUT2D eigenvalue weighted by Gasteiger charge is 2.21. The quantitative estimate of drug-likeness (QED) is 0.329. The van der Waals surface area contributed by atoms with Crippen molar-refractivity contribution >= 4 is 5.97 Å². The van der Waals surface area contributed by atoms with Crippen molar-refractivity contribution in [2.45, 2.75) is 38.4 Å². The van der Waals surface area contributed by atoms with Crippen LogP contribution in [0.5, 0.6) is 0 Å². The molecule has 0 bridgehead atoms. The van der Waals surface area contributed by atoms with E-state index in [9.17, 15) is 4.79 Å². The first kappa shape index (κ1) is 14.4. The van der Waals surface area contributed by atoms with E-state index in [-0.39, 0.29) is 18.7 Å². The molecule has 0 N–H and O–H groups in total. The molecule has 0 aromatic rings. The van der Waals surface area contributed by atoms with Gasteiger partial charge < -0.3 is 18.9 Å². The van der Waals surface area contributed by atoms with Crippen LogP contribution in [0, 0.1) is 0 Å². The zero-order chi connectivity index (χ0) is 12.5. The van der Waals surface area contributed by atoms with Gasteiger partial charge in [0.15, 0.2) is 0 Å². The summed E-state index contributed by atoms with van der Waals surface area (Å²) in [7, 11) is 1.61. The van der Waals surface area contributed by atoms with Gasteiger partial charge in [-0.05, 0) is 19.3 Å². The fourth-order valence-corrected chi connectivity index (χ4v) is 1.50. The minimum atomic E-state index is -0.291. The molecule has 0 saturated carbocycles. The molecule has 1 heterocycles. The molecular formula is C12H22O5. The lowest BCUT2D eigenvalue weighted by Gasteiger charge is -2.16. The highest BCUT2D eigenvalue weighted by Crippen LogP contribution is 2.16. The monoisotopic (exact) mass is 246 g/mol. The molecule has 0 aliphatic carbocycles. The number of rotatable bonds is 10. The predicted octanol–water partition coefficient (Wildman–Crippen LogP) is 1.15. The lowest BCUT2D eigenvalue weighted by molar-refractivity contribution is -0.146. The van der Waals surface area contributed by atoms with Crippen LogP contribution in [-0.2, 0) is 23.7 Å². The molecule has 1 aliphatic rings. The van der Waals surface area contributed by atoms with E-state index >= 15 is 0 Å². The van der Waals surface area contributed by atoms with Gasteiger partial charge in [0.05, 0.1) is 19.3 Å². The number of ether oxygens (including phenoxy) is 4. The first-order valence-electron chi connectivity index (χ1n) is 6.08. The molecule has 100 valence electrons. The van der Waals surface area contributed by atoms with Crippen molar-refractivity contribution in [2.75, 3.05) is 33.5 Å². The fourth-order valence-electron chi connectivity index (χ4n) is 1.50. The second-order valence-electron chi connectivity index (χ2n) is 4.20. The molecule has 0 aromatic carbocycles. The number of carbonyl (C=O) groups is 1. The summed E-state index contributed by atoms with van der Waals surface area (Å²) < 4.78 is 20.6. The van der Waals surface area contributed by atoms with Crippen LogP contribution in [0.15, 0.2) is 0 Å². The Morgan fingerprint density at radius 2 is 2.18 bits per heavy atom. The second-order valence-corrected chi connectivity index (χ2v) is 4.20. The van der Waals surface area contributed by atoms with Crippen LogP contribution in [0.3, 0.4) is 0 Å². The number of unbranched alkanes of at least 4 members (excludes halogenated alkanes) is 1. The third kappa shape index (κ3) is 8.12. The average molecular weight is 246 g/mol. The van der Waals surface area contributed by atoms with Gasteiger partial charge in [-0.3, -0.25) is 4.79 Å². The van der Waals surface area contributed by atoms with Crippen LogP contribution < -0.4 is 0 Å². The Labute approximate surface area is 102 Å². The summed E-state index contributed by atoms with van der Waals surface area (Å²) in [6.07, 6.45) is 3.55. The van der Waals surface area contributed by atoms with Crippen molar-refractivity contribution in [2.24, 2.45) is 0 Å². The number of epoxide rings is 1. The number of esters is 1. The Morgan fingerprint density at radius 1 is 1.41 bits per heavy atom. The summed E-state index contributed by atoms with van der Waals surface area (Å²) >= 11 is 0. The molecule has 0 aromatic heterocycles. The molecule has 1 fully saturated rings. The zero-order valence-electron chi connectivity index (χ0n) is 10.6. The number of hydrogen-bond acceptors (Lipinski definition) is 5. The number of methoxy groups -OCH3 is 1. The Morgan fingerprint density at radius 3 is 2.76 bits per heavy atom. The Balaban J connectivity index is 1.98. The van der Waals surface area contributed by atoms with Crippen LogP contribution >= 0.6 is 0 Å². The zero-order valence-corrected chi connectivity index (χ0v) is 10.6. The average Bonchev–Trinajstić information content (AvgIpc) is 3.09. The van der Waals surface area contributed by atoms with Crippen molar-refractivity contribution < 1.29 is 23.7 Å². The van der Waals surface area contributed by atoms with E-state index in [1.165, 1.54) is 6.92 Å². The third-order valence-corrected chi connectivity index (χ3v) is 2.50. The van der Waals surface area contributed by atoms with Crippen LogP contribution in [0.25, 0.3) is 0 Å². The highest BCUT2D eigenvalue weighted by atomic mass is 16.6. The van der Waals surface area contributed by atoms with E-state index < -0.39 is 0 Å². The molecule has 5 nitrogen and oxygen atoms in total. The Hall–Kier alpha value is -0.650. The topological polar surface area (TPSA) is 57.3 Å².